The highest BCUT2D eigenvalue weighted by molar-refractivity contribution is 5.66. The van der Waals surface area contributed by atoms with Crippen LogP contribution in [0.4, 0.5) is 0 Å². The summed E-state index contributed by atoms with van der Waals surface area (Å²) >= 11 is 0. The number of carboxylic acids is 1. The van der Waals surface area contributed by atoms with Crippen LogP contribution in [0.5, 0.6) is 0 Å². The van der Waals surface area contributed by atoms with Crippen molar-refractivity contribution in [2.75, 3.05) is 26.2 Å². The predicted molar refractivity (Wildman–Crippen MR) is 68.7 cm³/mol. The van der Waals surface area contributed by atoms with Crippen LogP contribution in [0.25, 0.3) is 0 Å². The molecule has 2 fully saturated rings. The summed E-state index contributed by atoms with van der Waals surface area (Å²) in [7, 11) is 0. The van der Waals surface area contributed by atoms with E-state index in [1.165, 1.54) is 19.4 Å². The molecule has 2 N–H and O–H groups in total. The van der Waals surface area contributed by atoms with E-state index in [0.717, 1.165) is 19.7 Å². The number of ether oxygens (including phenoxy) is 1. The minimum atomic E-state index is -0.725. The molecule has 5 heteroatoms. The van der Waals surface area contributed by atoms with Crippen LogP contribution in [-0.2, 0) is 9.53 Å². The molecule has 0 spiro atoms. The normalized spacial score (nSPS) is 30.1. The monoisotopic (exact) mass is 256 g/mol. The summed E-state index contributed by atoms with van der Waals surface area (Å²) in [5, 5.41) is 12.0. The lowest BCUT2D eigenvalue weighted by Crippen LogP contribution is -2.50. The van der Waals surface area contributed by atoms with Gasteiger partial charge in [-0.1, -0.05) is 0 Å². The Labute approximate surface area is 108 Å². The number of morpholine rings is 1. The van der Waals surface area contributed by atoms with E-state index in [0.29, 0.717) is 12.5 Å². The van der Waals surface area contributed by atoms with Gasteiger partial charge in [0, 0.05) is 31.6 Å². The number of rotatable bonds is 6. The fourth-order valence-corrected chi connectivity index (χ4v) is 2.78. The molecule has 0 aromatic heterocycles. The Morgan fingerprint density at radius 2 is 2.44 bits per heavy atom. The summed E-state index contributed by atoms with van der Waals surface area (Å²) in [6.07, 6.45) is 3.73. The molecule has 5 nitrogen and oxygen atoms in total. The molecule has 2 saturated heterocycles. The number of nitrogens with one attached hydrogen (secondary N) is 1. The molecule has 2 aliphatic heterocycles. The summed E-state index contributed by atoms with van der Waals surface area (Å²) < 4.78 is 5.85. The third kappa shape index (κ3) is 3.93. The summed E-state index contributed by atoms with van der Waals surface area (Å²) in [5.74, 6) is -0.725. The van der Waals surface area contributed by atoms with Crippen LogP contribution in [0.1, 0.15) is 32.6 Å². The highest BCUT2D eigenvalue weighted by Crippen LogP contribution is 2.22. The Kier molecular flexibility index (Phi) is 4.97. The zero-order valence-corrected chi connectivity index (χ0v) is 11.1. The van der Waals surface area contributed by atoms with E-state index in [2.05, 4.69) is 10.2 Å². The molecule has 0 radical (unpaired) electrons. The Hall–Kier alpha value is -0.650. The molecule has 0 bridgehead atoms. The van der Waals surface area contributed by atoms with Gasteiger partial charge in [-0.05, 0) is 32.7 Å². The average molecular weight is 256 g/mol. The van der Waals surface area contributed by atoms with E-state index in [4.69, 9.17) is 9.84 Å². The van der Waals surface area contributed by atoms with E-state index < -0.39 is 5.97 Å². The molecule has 0 aromatic rings. The first-order chi connectivity index (χ1) is 8.65. The first-order valence-electron chi connectivity index (χ1n) is 6.96. The smallest absolute Gasteiger partial charge is 0.303 e. The second-order valence-corrected chi connectivity index (χ2v) is 5.49. The highest BCUT2D eigenvalue weighted by atomic mass is 16.5. The maximum atomic E-state index is 10.5. The van der Waals surface area contributed by atoms with Crippen molar-refractivity contribution in [3.05, 3.63) is 0 Å². The van der Waals surface area contributed by atoms with Crippen molar-refractivity contribution < 1.29 is 14.6 Å². The minimum absolute atomic E-state index is 0.230. The van der Waals surface area contributed by atoms with Crippen molar-refractivity contribution >= 4 is 5.97 Å². The maximum absolute atomic E-state index is 10.5. The van der Waals surface area contributed by atoms with Crippen molar-refractivity contribution in [2.24, 2.45) is 0 Å². The second-order valence-electron chi connectivity index (χ2n) is 5.49. The number of aliphatic carboxylic acids is 1. The molecule has 0 saturated carbocycles. The number of carbonyl (C=O) groups is 1. The van der Waals surface area contributed by atoms with Gasteiger partial charge < -0.3 is 15.2 Å². The highest BCUT2D eigenvalue weighted by Gasteiger charge is 2.31. The third-order valence-corrected chi connectivity index (χ3v) is 3.95. The number of fused-ring (bicyclic) bond motifs is 1. The largest absolute Gasteiger partial charge is 0.481 e. The van der Waals surface area contributed by atoms with Crippen LogP contribution < -0.4 is 5.32 Å². The van der Waals surface area contributed by atoms with Crippen molar-refractivity contribution in [1.82, 2.24) is 10.2 Å². The molecule has 2 rings (SSSR count). The predicted octanol–water partition coefficient (Wildman–Crippen LogP) is 0.693. The van der Waals surface area contributed by atoms with Gasteiger partial charge in [-0.25, -0.2) is 0 Å². The van der Waals surface area contributed by atoms with Gasteiger partial charge in [-0.2, -0.15) is 0 Å². The van der Waals surface area contributed by atoms with Gasteiger partial charge in [-0.3, -0.25) is 9.69 Å². The molecule has 0 aliphatic carbocycles. The second kappa shape index (κ2) is 6.50. The van der Waals surface area contributed by atoms with Crippen LogP contribution in [0.15, 0.2) is 0 Å². The molecular formula is C13H24N2O3. The van der Waals surface area contributed by atoms with Gasteiger partial charge in [0.2, 0.25) is 0 Å². The molecular weight excluding hydrogens is 232 g/mol. The molecule has 3 atom stereocenters. The van der Waals surface area contributed by atoms with E-state index in [-0.39, 0.29) is 18.6 Å². The van der Waals surface area contributed by atoms with Gasteiger partial charge in [0.15, 0.2) is 0 Å². The molecule has 18 heavy (non-hydrogen) atoms. The molecule has 2 heterocycles. The number of hydrogen-bond acceptors (Lipinski definition) is 4. The topological polar surface area (TPSA) is 61.8 Å². The van der Waals surface area contributed by atoms with Crippen LogP contribution in [0, 0.1) is 0 Å². The molecule has 2 aliphatic rings. The van der Waals surface area contributed by atoms with Crippen molar-refractivity contribution in [3.63, 3.8) is 0 Å². The summed E-state index contributed by atoms with van der Waals surface area (Å²) in [6.45, 7) is 5.94. The number of carboxylic acid groups (broad SMARTS) is 1. The average Bonchev–Trinajstić information content (AvgIpc) is 2.81. The lowest BCUT2D eigenvalue weighted by atomic mass is 10.1. The van der Waals surface area contributed by atoms with Crippen molar-refractivity contribution in [2.45, 2.75) is 50.8 Å². The Morgan fingerprint density at radius 3 is 3.22 bits per heavy atom. The lowest BCUT2D eigenvalue weighted by Gasteiger charge is -2.35. The molecule has 3 unspecified atom stereocenters. The molecule has 0 aromatic carbocycles. The van der Waals surface area contributed by atoms with E-state index in [1.807, 2.05) is 6.92 Å². The number of nitrogens with zero attached hydrogens (tertiary/aromatic N) is 1. The van der Waals surface area contributed by atoms with Crippen LogP contribution in [0.2, 0.25) is 0 Å². The van der Waals surface area contributed by atoms with Crippen molar-refractivity contribution in [1.29, 1.82) is 0 Å². The van der Waals surface area contributed by atoms with E-state index >= 15 is 0 Å². The zero-order chi connectivity index (χ0) is 13.0. The number of hydrogen-bond donors (Lipinski definition) is 2. The standard InChI is InChI=1S/C13H24N2O3/c1-10(4-5-13(16)17)14-7-12-8-15-6-2-3-11(15)9-18-12/h10-12,14H,2-9H2,1H3,(H,16,17). The Balaban J connectivity index is 1.63. The van der Waals surface area contributed by atoms with Crippen molar-refractivity contribution in [3.8, 4) is 0 Å². The summed E-state index contributed by atoms with van der Waals surface area (Å²) in [5.41, 5.74) is 0. The van der Waals surface area contributed by atoms with Crippen LogP contribution in [0.3, 0.4) is 0 Å². The maximum Gasteiger partial charge on any atom is 0.303 e. The first-order valence-corrected chi connectivity index (χ1v) is 6.96. The Morgan fingerprint density at radius 1 is 1.61 bits per heavy atom. The fraction of sp³-hybridized carbons (Fsp3) is 0.923. The molecule has 104 valence electrons. The third-order valence-electron chi connectivity index (χ3n) is 3.95. The molecule has 0 amide bonds. The fourth-order valence-electron chi connectivity index (χ4n) is 2.78. The summed E-state index contributed by atoms with van der Waals surface area (Å²) in [6, 6.07) is 0.881. The van der Waals surface area contributed by atoms with Crippen LogP contribution in [-0.4, -0.2) is 60.4 Å². The van der Waals surface area contributed by atoms with Gasteiger partial charge in [0.25, 0.3) is 0 Å². The van der Waals surface area contributed by atoms with Gasteiger partial charge in [0.1, 0.15) is 0 Å². The minimum Gasteiger partial charge on any atom is -0.481 e. The lowest BCUT2D eigenvalue weighted by molar-refractivity contribution is -0.137. The van der Waals surface area contributed by atoms with E-state index in [1.54, 1.807) is 0 Å². The van der Waals surface area contributed by atoms with Gasteiger partial charge >= 0.3 is 5.97 Å². The van der Waals surface area contributed by atoms with Crippen LogP contribution >= 0.6 is 0 Å². The quantitative estimate of drug-likeness (QED) is 0.732. The zero-order valence-electron chi connectivity index (χ0n) is 11.1. The van der Waals surface area contributed by atoms with Gasteiger partial charge in [0.05, 0.1) is 12.7 Å². The van der Waals surface area contributed by atoms with Gasteiger partial charge in [-0.15, -0.1) is 0 Å². The first kappa shape index (κ1) is 13.8. The van der Waals surface area contributed by atoms with E-state index in [9.17, 15) is 4.79 Å². The summed E-state index contributed by atoms with van der Waals surface area (Å²) in [4.78, 5) is 13.0. The SMILES string of the molecule is CC(CCC(=O)O)NCC1CN2CCCC2CO1. The Bertz CT molecular complexity index is 285.